The highest BCUT2D eigenvalue weighted by Gasteiger charge is 2.46. The minimum Gasteiger partial charge on any atom is -0.453 e. The van der Waals surface area contributed by atoms with Gasteiger partial charge in [-0.25, -0.2) is 13.2 Å². The van der Waals surface area contributed by atoms with E-state index in [0.717, 1.165) is 17.5 Å². The minimum atomic E-state index is -4.92. The van der Waals surface area contributed by atoms with Crippen molar-refractivity contribution in [2.24, 2.45) is 5.41 Å². The summed E-state index contributed by atoms with van der Waals surface area (Å²) in [4.78, 5) is 38.1. The molecule has 0 unspecified atom stereocenters. The lowest BCUT2D eigenvalue weighted by atomic mass is 9.81. The third-order valence-corrected chi connectivity index (χ3v) is 12.0. The second-order valence-electron chi connectivity index (χ2n) is 13.7. The van der Waals surface area contributed by atoms with Crippen LogP contribution in [-0.2, 0) is 24.3 Å². The number of rotatable bonds is 15. The van der Waals surface area contributed by atoms with Gasteiger partial charge in [0, 0.05) is 35.1 Å². The maximum atomic E-state index is 14.9. The number of hydrogen-bond donors (Lipinski definition) is 2. The molecule has 0 spiro atoms. The van der Waals surface area contributed by atoms with Crippen LogP contribution in [-0.4, -0.2) is 68.0 Å². The molecule has 1 aromatic heterocycles. The van der Waals surface area contributed by atoms with Crippen molar-refractivity contribution >= 4 is 39.0 Å². The molecule has 0 saturated heterocycles. The van der Waals surface area contributed by atoms with E-state index in [1.807, 2.05) is 20.8 Å². The molecule has 3 aromatic rings. The first-order valence-corrected chi connectivity index (χ1v) is 18.9. The van der Waals surface area contributed by atoms with Crippen LogP contribution < -0.4 is 5.32 Å². The van der Waals surface area contributed by atoms with E-state index in [4.69, 9.17) is 4.74 Å². The zero-order valence-electron chi connectivity index (χ0n) is 29.3. The second kappa shape index (κ2) is 17.1. The Balaban J connectivity index is 1.73. The predicted octanol–water partition coefficient (Wildman–Crippen LogP) is 7.42. The molecule has 9 nitrogen and oxygen atoms in total. The van der Waals surface area contributed by atoms with Crippen molar-refractivity contribution in [2.75, 3.05) is 20.3 Å². The van der Waals surface area contributed by atoms with Crippen molar-refractivity contribution in [1.29, 1.82) is 0 Å². The summed E-state index contributed by atoms with van der Waals surface area (Å²) in [7, 11) is -3.21. The first-order chi connectivity index (χ1) is 24.5. The Morgan fingerprint density at radius 2 is 1.52 bits per heavy atom. The number of methoxy groups -OCH3 is 1. The number of nitrogens with one attached hydrogen (secondary N) is 1. The van der Waals surface area contributed by atoms with Crippen LogP contribution in [0.1, 0.15) is 78.8 Å². The maximum Gasteiger partial charge on any atom is 0.407 e. The average molecular weight is 761 g/mol. The number of sulfonamides is 1. The van der Waals surface area contributed by atoms with E-state index in [0.29, 0.717) is 28.9 Å². The minimum absolute atomic E-state index is 0.0636. The van der Waals surface area contributed by atoms with Crippen LogP contribution in [0.3, 0.4) is 0 Å². The first kappa shape index (κ1) is 40.7. The van der Waals surface area contributed by atoms with Gasteiger partial charge in [0.05, 0.1) is 30.6 Å². The Hall–Kier alpha value is -4.11. The van der Waals surface area contributed by atoms with Crippen LogP contribution in [0.15, 0.2) is 95.9 Å². The van der Waals surface area contributed by atoms with Gasteiger partial charge in [-0.2, -0.15) is 17.5 Å². The number of carbonyl (C=O) groups excluding carboxylic acids is 3. The van der Waals surface area contributed by atoms with E-state index < -0.39 is 65.0 Å². The molecule has 2 aromatic carbocycles. The summed E-state index contributed by atoms with van der Waals surface area (Å²) >= 11 is 0.657. The molecule has 14 heteroatoms. The molecule has 3 atom stereocenters. The number of alkyl halides is 3. The smallest absolute Gasteiger partial charge is 0.407 e. The fraction of sp³-hybridized carbons (Fsp3) is 0.395. The molecule has 1 amide bonds. The summed E-state index contributed by atoms with van der Waals surface area (Å²) in [5.41, 5.74) is 0.828. The van der Waals surface area contributed by atoms with Crippen LogP contribution in [0, 0.1) is 5.41 Å². The number of amides is 1. The summed E-state index contributed by atoms with van der Waals surface area (Å²) < 4.78 is 78.4. The molecule has 2 N–H and O–H groups in total. The third kappa shape index (κ3) is 10.3. The summed E-state index contributed by atoms with van der Waals surface area (Å²) in [6.07, 6.45) is -3.12. The number of allylic oxidation sites excluding steroid dienone is 3. The molecule has 0 aliphatic heterocycles. The van der Waals surface area contributed by atoms with Crippen LogP contribution >= 0.6 is 11.3 Å². The number of nitrogens with zero attached hydrogens (tertiary/aromatic N) is 1. The third-order valence-electron chi connectivity index (χ3n) is 8.72. The monoisotopic (exact) mass is 760 g/mol. The maximum absolute atomic E-state index is 14.9. The molecule has 280 valence electrons. The van der Waals surface area contributed by atoms with E-state index >= 15 is 0 Å². The lowest BCUT2D eigenvalue weighted by Crippen LogP contribution is -2.46. The molecule has 1 aliphatic rings. The number of carbonyl (C=O) groups is 3. The zero-order valence-corrected chi connectivity index (χ0v) is 30.9. The molecular weight excluding hydrogens is 718 g/mol. The number of ether oxygens (including phenoxy) is 1. The number of aliphatic hydroxyl groups is 1. The summed E-state index contributed by atoms with van der Waals surface area (Å²) in [6.45, 7) is 4.91. The van der Waals surface area contributed by atoms with Gasteiger partial charge in [-0.05, 0) is 47.2 Å². The fourth-order valence-electron chi connectivity index (χ4n) is 5.93. The predicted molar refractivity (Wildman–Crippen MR) is 193 cm³/mol. The number of hydrogen-bond acceptors (Lipinski definition) is 8. The van der Waals surface area contributed by atoms with Crippen LogP contribution in [0.5, 0.6) is 0 Å². The molecule has 0 fully saturated rings. The highest BCUT2D eigenvalue weighted by molar-refractivity contribution is 7.93. The van der Waals surface area contributed by atoms with Crippen molar-refractivity contribution in [3.8, 4) is 0 Å². The highest BCUT2D eigenvalue weighted by Crippen LogP contribution is 2.44. The van der Waals surface area contributed by atoms with E-state index in [-0.39, 0.29) is 38.8 Å². The Morgan fingerprint density at radius 1 is 0.942 bits per heavy atom. The Labute approximate surface area is 306 Å². The summed E-state index contributed by atoms with van der Waals surface area (Å²) in [5.74, 6) is -4.36. The molecule has 52 heavy (non-hydrogen) atoms. The van der Waals surface area contributed by atoms with Gasteiger partial charge in [0.2, 0.25) is 10.0 Å². The second-order valence-corrected chi connectivity index (χ2v) is 16.7. The fourth-order valence-corrected chi connectivity index (χ4v) is 8.89. The van der Waals surface area contributed by atoms with Gasteiger partial charge < -0.3 is 15.2 Å². The van der Waals surface area contributed by atoms with Crippen molar-refractivity contribution in [2.45, 2.75) is 70.1 Å². The average Bonchev–Trinajstić information content (AvgIpc) is 3.57. The van der Waals surface area contributed by atoms with Crippen molar-refractivity contribution in [3.63, 3.8) is 0 Å². The number of benzene rings is 2. The van der Waals surface area contributed by atoms with Gasteiger partial charge in [-0.1, -0.05) is 87.5 Å². The Bertz CT molecular complexity index is 1830. The SMILES string of the molecule is COC(=O)N[C@H](C(=O)C[C@H](c1ccc([C@@H](CO)N(CCC(C)(C)C)S(=O)(=O)C2=CCC(=O)C=C2)s1)C(F)(F)F)C(c1ccccc1)c1ccccc1. The van der Waals surface area contributed by atoms with Crippen LogP contribution in [0.4, 0.5) is 18.0 Å². The molecule has 1 aliphatic carbocycles. The molecular formula is C38H43F3N2O7S2. The van der Waals surface area contributed by atoms with Crippen molar-refractivity contribution < 1.29 is 45.8 Å². The van der Waals surface area contributed by atoms with E-state index in [1.54, 1.807) is 60.7 Å². The van der Waals surface area contributed by atoms with Crippen molar-refractivity contribution in [3.05, 3.63) is 117 Å². The quantitative estimate of drug-likeness (QED) is 0.165. The van der Waals surface area contributed by atoms with Crippen LogP contribution in [0.25, 0.3) is 0 Å². The van der Waals surface area contributed by atoms with Gasteiger partial charge in [-0.3, -0.25) is 9.59 Å². The van der Waals surface area contributed by atoms with Gasteiger partial charge in [0.1, 0.15) is 6.04 Å². The van der Waals surface area contributed by atoms with Gasteiger partial charge in [-0.15, -0.1) is 11.3 Å². The van der Waals surface area contributed by atoms with E-state index in [1.165, 1.54) is 24.3 Å². The topological polar surface area (TPSA) is 130 Å². The lowest BCUT2D eigenvalue weighted by Gasteiger charge is -2.32. The molecule has 0 radical (unpaired) electrons. The number of alkyl carbamates (subject to hydrolysis) is 1. The lowest BCUT2D eigenvalue weighted by molar-refractivity contribution is -0.156. The number of thiophene rings is 1. The number of aliphatic hydroxyl groups excluding tert-OH is 1. The standard InChI is InChI=1S/C38H43F3N2O7S2/c1-37(2,3)21-22-43(52(48,49)28-17-15-27(45)16-18-28)30(24-44)33-20-19-32(51-33)29(38(39,40)41)23-31(46)35(42-36(47)50-4)34(25-11-7-5-8-12-25)26-13-9-6-10-14-26/h5-15,17-20,29-30,34-35,44H,16,21-24H2,1-4H3,(H,42,47)/t29-,30-,35-/m1/s1. The number of halogens is 3. The largest absolute Gasteiger partial charge is 0.453 e. The molecule has 0 saturated carbocycles. The Morgan fingerprint density at radius 3 is 2.00 bits per heavy atom. The number of Topliss-reactive ketones (excluding diaryl/α,β-unsaturated/α-hetero) is 1. The van der Waals surface area contributed by atoms with Gasteiger partial charge in [0.25, 0.3) is 0 Å². The molecule has 4 rings (SSSR count). The molecule has 1 heterocycles. The highest BCUT2D eigenvalue weighted by atomic mass is 32.2. The number of ketones is 2. The van der Waals surface area contributed by atoms with E-state index in [2.05, 4.69) is 5.32 Å². The van der Waals surface area contributed by atoms with Crippen LogP contribution in [0.2, 0.25) is 0 Å². The van der Waals surface area contributed by atoms with Gasteiger partial charge >= 0.3 is 12.3 Å². The Kier molecular flexibility index (Phi) is 13.4. The molecule has 0 bridgehead atoms. The van der Waals surface area contributed by atoms with Gasteiger partial charge in [0.15, 0.2) is 11.6 Å². The van der Waals surface area contributed by atoms with Crippen molar-refractivity contribution in [1.82, 2.24) is 9.62 Å². The first-order valence-electron chi connectivity index (χ1n) is 16.6. The summed E-state index contributed by atoms with van der Waals surface area (Å²) in [6, 6.07) is 17.1. The zero-order chi connectivity index (χ0) is 38.3. The normalized spacial score (nSPS) is 15.7. The summed E-state index contributed by atoms with van der Waals surface area (Å²) in [5, 5.41) is 13.1. The van der Waals surface area contributed by atoms with E-state index in [9.17, 15) is 41.1 Å².